The maximum atomic E-state index is 14.4. The Bertz CT molecular complexity index is 1540. The summed E-state index contributed by atoms with van der Waals surface area (Å²) >= 11 is 3.74. The van der Waals surface area contributed by atoms with Crippen LogP contribution in [0.1, 0.15) is 85.9 Å². The molecule has 1 aliphatic rings. The molecule has 5 N–H and O–H groups in total. The minimum atomic E-state index is -0.862. The third kappa shape index (κ3) is 12.1. The third-order valence-corrected chi connectivity index (χ3v) is 10.9. The Hall–Kier alpha value is -3.49. The topological polar surface area (TPSA) is 147 Å². The van der Waals surface area contributed by atoms with Gasteiger partial charge in [-0.1, -0.05) is 117 Å². The number of halogens is 1. The van der Waals surface area contributed by atoms with E-state index in [1.165, 1.54) is 16.9 Å². The van der Waals surface area contributed by atoms with Gasteiger partial charge in [-0.25, -0.2) is 4.79 Å². The molecule has 50 heavy (non-hydrogen) atoms. The average Bonchev–Trinajstić information content (AvgIpc) is 3.80. The molecule has 0 aliphatic carbocycles. The van der Waals surface area contributed by atoms with E-state index in [4.69, 9.17) is 20.6 Å². The van der Waals surface area contributed by atoms with Crippen LogP contribution in [0, 0.1) is 11.3 Å². The van der Waals surface area contributed by atoms with Crippen molar-refractivity contribution < 1.29 is 23.9 Å². The lowest BCUT2D eigenvalue weighted by Gasteiger charge is -2.29. The van der Waals surface area contributed by atoms with E-state index in [0.29, 0.717) is 30.9 Å². The van der Waals surface area contributed by atoms with E-state index in [1.54, 1.807) is 16.3 Å². The van der Waals surface area contributed by atoms with Crippen LogP contribution in [0.3, 0.4) is 0 Å². The number of alkyl halides is 1. The third-order valence-electron chi connectivity index (χ3n) is 9.12. The molecule has 1 saturated heterocycles. The lowest BCUT2D eigenvalue weighted by atomic mass is 9.92. The number of benzene rings is 2. The first-order valence-electron chi connectivity index (χ1n) is 17.4. The highest BCUT2D eigenvalue weighted by Crippen LogP contribution is 2.26. The minimum Gasteiger partial charge on any atom is -0.445 e. The number of amidine groups is 1. The van der Waals surface area contributed by atoms with Crippen molar-refractivity contribution in [2.75, 3.05) is 6.54 Å². The second-order valence-electron chi connectivity index (χ2n) is 12.8. The molecule has 270 valence electrons. The molecule has 10 nitrogen and oxygen atoms in total. The zero-order valence-corrected chi connectivity index (χ0v) is 32.0. The predicted octanol–water partition coefficient (Wildman–Crippen LogP) is 7.06. The molecule has 4 rings (SSSR count). The Balaban J connectivity index is 1.50. The number of carbonyl (C=O) groups is 3. The van der Waals surface area contributed by atoms with Crippen LogP contribution >= 0.6 is 33.9 Å². The number of rotatable bonds is 19. The quantitative estimate of drug-likeness (QED) is 0.0441. The first kappa shape index (κ1) is 39.3. The molecule has 0 bridgehead atoms. The summed E-state index contributed by atoms with van der Waals surface area (Å²) in [6.45, 7) is 5.23. The fourth-order valence-corrected chi connectivity index (χ4v) is 7.40. The Morgan fingerprint density at radius 1 is 1.02 bits per heavy atom. The van der Waals surface area contributed by atoms with Crippen LogP contribution in [0.2, 0.25) is 0 Å². The van der Waals surface area contributed by atoms with Gasteiger partial charge in [0.1, 0.15) is 24.5 Å². The summed E-state index contributed by atoms with van der Waals surface area (Å²) in [7, 11) is 0. The largest absolute Gasteiger partial charge is 0.445 e. The standard InChI is InChI=1S/C38H50IN5O5S/c1-3-5-9-26(4-2)16-17-33(43-38(47)49-24-28-10-7-6-8-11-28)37(46)44-22-31(48-23-29-14-12-27(20-39)13-15-29)19-34(44)36(45)42-21-32-18-30(25-50-32)35(40)41/h6-8,10-15,18,25-26,31,33-34H,3-5,9,16-17,19-24H2,1-2H3,(H3,40,41)(H,42,45)(H,43,47)/t26?,31-,33-,34+/m1/s1. The molecule has 3 amide bonds. The second-order valence-corrected chi connectivity index (χ2v) is 14.6. The normalized spacial score (nSPS) is 16.8. The number of thiophene rings is 1. The molecule has 0 saturated carbocycles. The number of likely N-dealkylation sites (tertiary alicyclic amines) is 1. The summed E-state index contributed by atoms with van der Waals surface area (Å²) in [5.74, 6) is -0.227. The highest BCUT2D eigenvalue weighted by Gasteiger charge is 2.42. The fraction of sp³-hybridized carbons (Fsp3) is 0.474. The van der Waals surface area contributed by atoms with Gasteiger partial charge >= 0.3 is 6.09 Å². The van der Waals surface area contributed by atoms with Gasteiger partial charge < -0.3 is 30.7 Å². The zero-order valence-electron chi connectivity index (χ0n) is 29.0. The Kier molecular flexibility index (Phi) is 16.0. The molecule has 0 radical (unpaired) electrons. The lowest BCUT2D eigenvalue weighted by Crippen LogP contribution is -2.53. The summed E-state index contributed by atoms with van der Waals surface area (Å²) < 4.78 is 12.7. The number of nitrogens with one attached hydrogen (secondary N) is 3. The zero-order chi connectivity index (χ0) is 35.9. The molecule has 4 atom stereocenters. The van der Waals surface area contributed by atoms with Crippen LogP contribution < -0.4 is 16.4 Å². The van der Waals surface area contributed by atoms with Gasteiger partial charge in [0.15, 0.2) is 0 Å². The van der Waals surface area contributed by atoms with E-state index < -0.39 is 18.2 Å². The number of amides is 3. The van der Waals surface area contributed by atoms with E-state index in [2.05, 4.69) is 59.2 Å². The summed E-state index contributed by atoms with van der Waals surface area (Å²) in [6, 6.07) is 17.8. The lowest BCUT2D eigenvalue weighted by molar-refractivity contribution is -0.140. The van der Waals surface area contributed by atoms with Crippen LogP contribution in [-0.4, -0.2) is 53.4 Å². The van der Waals surface area contributed by atoms with Crippen molar-refractivity contribution in [2.45, 2.75) is 101 Å². The molecule has 3 aromatic rings. The van der Waals surface area contributed by atoms with E-state index >= 15 is 0 Å². The van der Waals surface area contributed by atoms with Gasteiger partial charge in [0.05, 0.1) is 19.3 Å². The van der Waals surface area contributed by atoms with Gasteiger partial charge in [-0.05, 0) is 41.5 Å². The highest BCUT2D eigenvalue weighted by molar-refractivity contribution is 14.1. The van der Waals surface area contributed by atoms with Gasteiger partial charge in [0.25, 0.3) is 0 Å². The molecule has 1 aromatic heterocycles. The van der Waals surface area contributed by atoms with Crippen molar-refractivity contribution in [3.05, 3.63) is 93.2 Å². The summed E-state index contributed by atoms with van der Waals surface area (Å²) in [6.07, 6.45) is 4.73. The van der Waals surface area contributed by atoms with Crippen molar-refractivity contribution in [1.29, 1.82) is 5.41 Å². The van der Waals surface area contributed by atoms with Crippen molar-refractivity contribution >= 4 is 57.7 Å². The summed E-state index contributed by atoms with van der Waals surface area (Å²) in [5, 5.41) is 15.3. The molecule has 1 aliphatic heterocycles. The SMILES string of the molecule is CCCCC(CC)CC[C@@H](NC(=O)OCc1ccccc1)C(=O)N1C[C@H](OCc2ccc(CI)cc2)C[C@H]1C(=O)NCc1cc(C(=N)N)cs1. The van der Waals surface area contributed by atoms with Gasteiger partial charge in [-0.15, -0.1) is 11.3 Å². The molecule has 2 heterocycles. The Morgan fingerprint density at radius 3 is 2.40 bits per heavy atom. The van der Waals surface area contributed by atoms with Crippen LogP contribution in [-0.2, 0) is 43.2 Å². The average molecular weight is 816 g/mol. The van der Waals surface area contributed by atoms with Crippen molar-refractivity contribution in [3.63, 3.8) is 0 Å². The maximum absolute atomic E-state index is 14.4. The van der Waals surface area contributed by atoms with Crippen molar-refractivity contribution in [3.8, 4) is 0 Å². The second kappa shape index (κ2) is 20.4. The molecular formula is C38H50IN5O5S. The van der Waals surface area contributed by atoms with Crippen molar-refractivity contribution in [2.24, 2.45) is 11.7 Å². The number of alkyl carbamates (subject to hydrolysis) is 1. The number of unbranched alkanes of at least 4 members (excludes halogenated alkanes) is 1. The number of nitrogens with zero attached hydrogens (tertiary/aromatic N) is 1. The minimum absolute atomic E-state index is 0.0313. The van der Waals surface area contributed by atoms with Crippen LogP contribution in [0.5, 0.6) is 0 Å². The summed E-state index contributed by atoms with van der Waals surface area (Å²) in [5.41, 5.74) is 9.32. The van der Waals surface area contributed by atoms with E-state index in [1.807, 2.05) is 42.5 Å². The van der Waals surface area contributed by atoms with Crippen LogP contribution in [0.4, 0.5) is 4.79 Å². The first-order valence-corrected chi connectivity index (χ1v) is 19.8. The number of hydrogen-bond acceptors (Lipinski definition) is 7. The van der Waals surface area contributed by atoms with Gasteiger partial charge in [-0.3, -0.25) is 15.0 Å². The molecule has 12 heteroatoms. The Morgan fingerprint density at radius 2 is 1.74 bits per heavy atom. The first-order chi connectivity index (χ1) is 24.2. The molecule has 2 aromatic carbocycles. The van der Waals surface area contributed by atoms with E-state index in [0.717, 1.165) is 52.5 Å². The number of ether oxygens (including phenoxy) is 2. The fourth-order valence-electron chi connectivity index (χ4n) is 6.07. The van der Waals surface area contributed by atoms with Gasteiger partial charge in [0.2, 0.25) is 11.8 Å². The number of hydrogen-bond donors (Lipinski definition) is 4. The van der Waals surface area contributed by atoms with Crippen LogP contribution in [0.15, 0.2) is 66.0 Å². The molecule has 0 spiro atoms. The number of nitrogen functional groups attached to an aromatic ring is 1. The van der Waals surface area contributed by atoms with Gasteiger partial charge in [-0.2, -0.15) is 0 Å². The molecule has 1 fully saturated rings. The monoisotopic (exact) mass is 815 g/mol. The number of carbonyl (C=O) groups excluding carboxylic acids is 3. The smallest absolute Gasteiger partial charge is 0.408 e. The van der Waals surface area contributed by atoms with Crippen LogP contribution in [0.25, 0.3) is 0 Å². The van der Waals surface area contributed by atoms with Gasteiger partial charge in [0, 0.05) is 33.2 Å². The molecule has 1 unspecified atom stereocenters. The Labute approximate surface area is 313 Å². The summed E-state index contributed by atoms with van der Waals surface area (Å²) in [4.78, 5) is 43.7. The maximum Gasteiger partial charge on any atom is 0.408 e. The molecular weight excluding hydrogens is 765 g/mol. The van der Waals surface area contributed by atoms with E-state index in [-0.39, 0.29) is 43.5 Å². The van der Waals surface area contributed by atoms with E-state index in [9.17, 15) is 14.4 Å². The van der Waals surface area contributed by atoms with Crippen molar-refractivity contribution in [1.82, 2.24) is 15.5 Å². The number of nitrogens with two attached hydrogens (primary N) is 1. The predicted molar refractivity (Wildman–Crippen MR) is 206 cm³/mol. The highest BCUT2D eigenvalue weighted by atomic mass is 127.